The standard InChI is InChI=1S/C18H22Cl2N4O/c1-4-5-6-22-10-23(16-8-14(19)7-15(20)9-16)18-21-13(3)12(2)17(25)24(18)11-22/h7-9H,4-6,10-11H2,1-3H3. The molecular weight excluding hydrogens is 359 g/mol. The molecule has 2 aromatic rings. The van der Waals surface area contributed by atoms with Crippen molar-refractivity contribution in [2.24, 2.45) is 0 Å². The maximum Gasteiger partial charge on any atom is 0.259 e. The summed E-state index contributed by atoms with van der Waals surface area (Å²) in [6.45, 7) is 7.96. The average Bonchev–Trinajstić information content (AvgIpc) is 2.57. The minimum Gasteiger partial charge on any atom is -0.298 e. The second-order valence-electron chi connectivity index (χ2n) is 6.44. The monoisotopic (exact) mass is 380 g/mol. The Morgan fingerprint density at radius 2 is 1.80 bits per heavy atom. The van der Waals surface area contributed by atoms with Crippen molar-refractivity contribution < 1.29 is 0 Å². The van der Waals surface area contributed by atoms with E-state index in [9.17, 15) is 4.79 Å². The van der Waals surface area contributed by atoms with E-state index in [2.05, 4.69) is 16.8 Å². The number of benzene rings is 1. The van der Waals surface area contributed by atoms with E-state index in [1.807, 2.05) is 30.9 Å². The second kappa shape index (κ2) is 7.36. The Hall–Kier alpha value is -1.56. The number of nitrogens with zero attached hydrogens (tertiary/aromatic N) is 4. The third-order valence-corrected chi connectivity index (χ3v) is 4.97. The molecule has 0 radical (unpaired) electrons. The van der Waals surface area contributed by atoms with Crippen LogP contribution in [0.3, 0.4) is 0 Å². The molecule has 134 valence electrons. The van der Waals surface area contributed by atoms with Crippen LogP contribution in [-0.2, 0) is 6.67 Å². The fourth-order valence-corrected chi connectivity index (χ4v) is 3.51. The number of hydrogen-bond donors (Lipinski definition) is 0. The van der Waals surface area contributed by atoms with E-state index in [4.69, 9.17) is 23.2 Å². The molecule has 1 aliphatic rings. The minimum absolute atomic E-state index is 0.00169. The molecule has 0 saturated heterocycles. The van der Waals surface area contributed by atoms with Gasteiger partial charge in [0, 0.05) is 33.5 Å². The third kappa shape index (κ3) is 3.68. The van der Waals surface area contributed by atoms with Crippen LogP contribution < -0.4 is 10.5 Å². The van der Waals surface area contributed by atoms with Gasteiger partial charge in [0.25, 0.3) is 5.56 Å². The number of aromatic nitrogens is 2. The smallest absolute Gasteiger partial charge is 0.259 e. The summed E-state index contributed by atoms with van der Waals surface area (Å²) >= 11 is 12.4. The number of fused-ring (bicyclic) bond motifs is 1. The number of halogens is 2. The normalized spacial score (nSPS) is 14.7. The Labute approximate surface area is 157 Å². The molecule has 7 heteroatoms. The molecule has 5 nitrogen and oxygen atoms in total. The zero-order valence-electron chi connectivity index (χ0n) is 14.7. The van der Waals surface area contributed by atoms with E-state index in [1.54, 1.807) is 10.6 Å². The lowest BCUT2D eigenvalue weighted by Gasteiger charge is -2.38. The first-order valence-corrected chi connectivity index (χ1v) is 9.20. The van der Waals surface area contributed by atoms with Crippen molar-refractivity contribution in [1.29, 1.82) is 0 Å². The lowest BCUT2D eigenvalue weighted by atomic mass is 10.2. The molecule has 1 aromatic carbocycles. The minimum atomic E-state index is 0.00169. The quantitative estimate of drug-likeness (QED) is 0.790. The summed E-state index contributed by atoms with van der Waals surface area (Å²) in [7, 11) is 0. The molecule has 0 spiro atoms. The van der Waals surface area contributed by atoms with E-state index in [1.165, 1.54) is 0 Å². The lowest BCUT2D eigenvalue weighted by molar-refractivity contribution is 0.195. The van der Waals surface area contributed by atoms with Crippen molar-refractivity contribution in [1.82, 2.24) is 14.5 Å². The molecule has 0 N–H and O–H groups in total. The van der Waals surface area contributed by atoms with Crippen LogP contribution in [-0.4, -0.2) is 27.7 Å². The Morgan fingerprint density at radius 3 is 2.44 bits per heavy atom. The Morgan fingerprint density at radius 1 is 1.12 bits per heavy atom. The molecule has 3 rings (SSSR count). The van der Waals surface area contributed by atoms with Crippen LogP contribution in [0.2, 0.25) is 10.0 Å². The summed E-state index contributed by atoms with van der Waals surface area (Å²) in [5, 5.41) is 1.12. The number of unbranched alkanes of at least 4 members (excludes halogenated alkanes) is 1. The average molecular weight is 381 g/mol. The van der Waals surface area contributed by atoms with Crippen molar-refractivity contribution in [2.45, 2.75) is 40.3 Å². The molecule has 1 aromatic heterocycles. The van der Waals surface area contributed by atoms with Crippen LogP contribution in [0.15, 0.2) is 23.0 Å². The Balaban J connectivity index is 2.12. The van der Waals surface area contributed by atoms with Gasteiger partial charge in [-0.05, 0) is 38.5 Å². The molecule has 0 unspecified atom stereocenters. The molecule has 0 saturated carbocycles. The SMILES string of the molecule is CCCCN1CN(c2cc(Cl)cc(Cl)c2)c2nc(C)c(C)c(=O)n2C1. The topological polar surface area (TPSA) is 41.4 Å². The predicted octanol–water partition coefficient (Wildman–Crippen LogP) is 4.34. The number of rotatable bonds is 4. The molecule has 0 amide bonds. The van der Waals surface area contributed by atoms with E-state index in [-0.39, 0.29) is 5.56 Å². The van der Waals surface area contributed by atoms with Gasteiger partial charge in [-0.25, -0.2) is 4.98 Å². The van der Waals surface area contributed by atoms with E-state index in [0.29, 0.717) is 34.9 Å². The maximum atomic E-state index is 12.8. The van der Waals surface area contributed by atoms with Gasteiger partial charge in [-0.15, -0.1) is 0 Å². The van der Waals surface area contributed by atoms with Crippen LogP contribution in [0, 0.1) is 13.8 Å². The van der Waals surface area contributed by atoms with Gasteiger partial charge in [-0.3, -0.25) is 19.2 Å². The van der Waals surface area contributed by atoms with Crippen molar-refractivity contribution in [2.75, 3.05) is 18.1 Å². The van der Waals surface area contributed by atoms with Crippen molar-refractivity contribution in [3.8, 4) is 0 Å². The highest BCUT2D eigenvalue weighted by atomic mass is 35.5. The predicted molar refractivity (Wildman–Crippen MR) is 103 cm³/mol. The number of hydrogen-bond acceptors (Lipinski definition) is 4. The second-order valence-corrected chi connectivity index (χ2v) is 7.31. The van der Waals surface area contributed by atoms with Crippen molar-refractivity contribution in [3.05, 3.63) is 49.9 Å². The molecule has 25 heavy (non-hydrogen) atoms. The van der Waals surface area contributed by atoms with Gasteiger partial charge in [-0.2, -0.15) is 0 Å². The molecule has 0 bridgehead atoms. The highest BCUT2D eigenvalue weighted by Crippen LogP contribution is 2.32. The molecule has 0 atom stereocenters. The van der Waals surface area contributed by atoms with Gasteiger partial charge in [-0.1, -0.05) is 36.5 Å². The molecule has 0 fully saturated rings. The molecular formula is C18H22Cl2N4O. The highest BCUT2D eigenvalue weighted by Gasteiger charge is 2.27. The van der Waals surface area contributed by atoms with E-state index < -0.39 is 0 Å². The van der Waals surface area contributed by atoms with Gasteiger partial charge >= 0.3 is 0 Å². The lowest BCUT2D eigenvalue weighted by Crippen LogP contribution is -2.48. The van der Waals surface area contributed by atoms with Gasteiger partial charge in [0.15, 0.2) is 0 Å². The van der Waals surface area contributed by atoms with Gasteiger partial charge < -0.3 is 0 Å². The van der Waals surface area contributed by atoms with Gasteiger partial charge in [0.05, 0.1) is 13.3 Å². The van der Waals surface area contributed by atoms with Gasteiger partial charge in [0.1, 0.15) is 0 Å². The summed E-state index contributed by atoms with van der Waals surface area (Å²) in [4.78, 5) is 21.7. The van der Waals surface area contributed by atoms with Crippen LogP contribution >= 0.6 is 23.2 Å². The van der Waals surface area contributed by atoms with Gasteiger partial charge in [0.2, 0.25) is 5.95 Å². The third-order valence-electron chi connectivity index (χ3n) is 4.53. The Bertz CT molecular complexity index is 829. The fourth-order valence-electron chi connectivity index (χ4n) is 3.00. The largest absolute Gasteiger partial charge is 0.298 e. The maximum absolute atomic E-state index is 12.8. The summed E-state index contributed by atoms with van der Waals surface area (Å²) in [6.07, 6.45) is 2.18. The van der Waals surface area contributed by atoms with E-state index in [0.717, 1.165) is 30.8 Å². The summed E-state index contributed by atoms with van der Waals surface area (Å²) in [6, 6.07) is 5.40. The fraction of sp³-hybridized carbons (Fsp3) is 0.444. The highest BCUT2D eigenvalue weighted by molar-refractivity contribution is 6.35. The first kappa shape index (κ1) is 18.2. The van der Waals surface area contributed by atoms with Crippen molar-refractivity contribution >= 4 is 34.8 Å². The number of aryl methyl sites for hydroxylation is 1. The van der Waals surface area contributed by atoms with Crippen LogP contribution in [0.1, 0.15) is 31.0 Å². The van der Waals surface area contributed by atoms with Crippen LogP contribution in [0.5, 0.6) is 0 Å². The summed E-state index contributed by atoms with van der Waals surface area (Å²) < 4.78 is 1.73. The zero-order chi connectivity index (χ0) is 18.1. The molecule has 1 aliphatic heterocycles. The van der Waals surface area contributed by atoms with Crippen LogP contribution in [0.4, 0.5) is 11.6 Å². The van der Waals surface area contributed by atoms with Crippen molar-refractivity contribution in [3.63, 3.8) is 0 Å². The first-order chi connectivity index (χ1) is 11.9. The van der Waals surface area contributed by atoms with Crippen LogP contribution in [0.25, 0.3) is 0 Å². The number of anilines is 2. The summed E-state index contributed by atoms with van der Waals surface area (Å²) in [5.74, 6) is 0.638. The summed E-state index contributed by atoms with van der Waals surface area (Å²) in [5.41, 5.74) is 2.27. The Kier molecular flexibility index (Phi) is 5.37. The molecule has 0 aliphatic carbocycles. The zero-order valence-corrected chi connectivity index (χ0v) is 16.2. The molecule has 2 heterocycles. The van der Waals surface area contributed by atoms with E-state index >= 15 is 0 Å². The first-order valence-electron chi connectivity index (χ1n) is 8.44.